The van der Waals surface area contributed by atoms with E-state index in [4.69, 9.17) is 11.5 Å². The van der Waals surface area contributed by atoms with Crippen LogP contribution in [-0.2, 0) is 32.0 Å². The number of aromatic nitrogens is 2. The molecule has 0 fully saturated rings. The molecule has 2 rings (SSSR count). The van der Waals surface area contributed by atoms with E-state index >= 15 is 0 Å². The summed E-state index contributed by atoms with van der Waals surface area (Å²) in [6.45, 7) is 0.325. The summed E-state index contributed by atoms with van der Waals surface area (Å²) in [4.78, 5) is 62.3. The van der Waals surface area contributed by atoms with Crippen molar-refractivity contribution >= 4 is 41.3 Å². The third-order valence-corrected chi connectivity index (χ3v) is 7.15. The van der Waals surface area contributed by atoms with E-state index in [-0.39, 0.29) is 44.8 Å². The zero-order valence-electron chi connectivity index (χ0n) is 24.6. The lowest BCUT2D eigenvalue weighted by atomic mass is 9.90. The Balaban J connectivity index is 0.00000924. The number of phenolic OH excluding ortho intramolecular Hbond substituents is 1. The Labute approximate surface area is 255 Å². The van der Waals surface area contributed by atoms with Crippen molar-refractivity contribution in [2.75, 3.05) is 18.6 Å². The van der Waals surface area contributed by atoms with Gasteiger partial charge in [-0.3, -0.25) is 19.4 Å². The predicted octanol–water partition coefficient (Wildman–Crippen LogP) is -1.94. The van der Waals surface area contributed by atoms with Crippen molar-refractivity contribution in [3.8, 4) is 5.75 Å². The Kier molecular flexibility index (Phi) is 16.3. The number of carbonyl (C=O) groups is 4. The van der Waals surface area contributed by atoms with Gasteiger partial charge >= 0.3 is 0 Å². The number of carboxylic acids is 1. The lowest BCUT2D eigenvalue weighted by molar-refractivity contribution is -0.405. The molecule has 0 radical (unpaired) electrons. The van der Waals surface area contributed by atoms with Crippen LogP contribution < -0.4 is 32.9 Å². The summed E-state index contributed by atoms with van der Waals surface area (Å²) in [5.74, 6) is -3.41. The topological polar surface area (TPSA) is 256 Å². The van der Waals surface area contributed by atoms with Crippen LogP contribution in [0.5, 0.6) is 5.75 Å². The molecule has 0 aliphatic heterocycles. The van der Waals surface area contributed by atoms with E-state index in [1.807, 2.05) is 6.26 Å². The number of ketones is 1. The number of amides is 2. The van der Waals surface area contributed by atoms with Crippen LogP contribution in [0.1, 0.15) is 36.9 Å². The van der Waals surface area contributed by atoms with E-state index in [0.717, 1.165) is 0 Å². The number of rotatable bonds is 19. The average molecular weight is 620 g/mol. The highest BCUT2D eigenvalue weighted by atomic mass is 32.2. The molecule has 2 amide bonds. The molecule has 1 aromatic heterocycles. The number of aromatic amines is 1. The highest BCUT2D eigenvalue weighted by Crippen LogP contribution is 2.17. The first kappa shape index (κ1) is 36.8. The Morgan fingerprint density at radius 3 is 2.35 bits per heavy atom. The van der Waals surface area contributed by atoms with Crippen LogP contribution in [0, 0.1) is 13.3 Å². The van der Waals surface area contributed by atoms with E-state index in [2.05, 4.69) is 31.3 Å². The van der Waals surface area contributed by atoms with Crippen molar-refractivity contribution in [1.29, 1.82) is 0 Å². The molecule has 15 heteroatoms. The van der Waals surface area contributed by atoms with E-state index in [1.165, 1.54) is 36.4 Å². The highest BCUT2D eigenvalue weighted by Gasteiger charge is 2.31. The minimum atomic E-state index is -1.41. The van der Waals surface area contributed by atoms with Gasteiger partial charge in [-0.15, -0.1) is 0 Å². The van der Waals surface area contributed by atoms with Crippen molar-refractivity contribution in [3.05, 3.63) is 55.5 Å². The molecule has 236 valence electrons. The van der Waals surface area contributed by atoms with Gasteiger partial charge in [0.1, 0.15) is 5.75 Å². The molecular weight excluding hydrogens is 576 g/mol. The van der Waals surface area contributed by atoms with Gasteiger partial charge in [-0.1, -0.05) is 12.1 Å². The number of H-pyrrole nitrogens is 1. The first-order chi connectivity index (χ1) is 20.0. The lowest BCUT2D eigenvalue weighted by Gasteiger charge is -2.25. The maximum atomic E-state index is 13.7. The Hall–Kier alpha value is -4.24. The maximum absolute atomic E-state index is 13.7. The number of Topliss-reactive ketones (excluding diaryl/α,β-unsaturated/α-hetero) is 1. The SMILES string of the molecule is CSCCC(NC(=O)C(CC(=O)C(Cc1ccc(O)cc1)NC(=O)C([NH3+])CCCN=C(N)N)Cc1cnc[nH]1)C(=O)[O-].[CH3+]. The first-order valence-corrected chi connectivity index (χ1v) is 14.9. The molecule has 0 bridgehead atoms. The minimum absolute atomic E-state index is 0. The molecule has 43 heavy (non-hydrogen) atoms. The third-order valence-electron chi connectivity index (χ3n) is 6.51. The molecule has 0 saturated carbocycles. The number of aromatic hydroxyl groups is 1. The maximum Gasteiger partial charge on any atom is 0.278 e. The Bertz CT molecular complexity index is 1190. The summed E-state index contributed by atoms with van der Waals surface area (Å²) in [5, 5.41) is 26.6. The normalized spacial score (nSPS) is 13.4. The number of nitrogens with zero attached hydrogens (tertiary/aromatic N) is 2. The van der Waals surface area contributed by atoms with Gasteiger partial charge < -0.3 is 47.8 Å². The molecule has 0 saturated heterocycles. The fraction of sp³-hybridized carbons (Fsp3) is 0.464. The summed E-state index contributed by atoms with van der Waals surface area (Å²) in [6.07, 6.45) is 5.69. The van der Waals surface area contributed by atoms with E-state index in [1.54, 1.807) is 12.1 Å². The summed E-state index contributed by atoms with van der Waals surface area (Å²) >= 11 is 1.43. The van der Waals surface area contributed by atoms with Crippen LogP contribution in [0.4, 0.5) is 0 Å². The van der Waals surface area contributed by atoms with Crippen LogP contribution in [0.25, 0.3) is 0 Å². The lowest BCUT2D eigenvalue weighted by Crippen LogP contribution is -2.68. The number of guanidine groups is 1. The van der Waals surface area contributed by atoms with Gasteiger partial charge in [0.2, 0.25) is 5.91 Å². The number of hydrogen-bond acceptors (Lipinski definition) is 9. The van der Waals surface area contributed by atoms with Gasteiger partial charge in [-0.05, 0) is 49.0 Å². The number of nitrogens with one attached hydrogen (secondary N) is 3. The number of aliphatic carboxylic acids is 1. The number of nitrogens with two attached hydrogens (primary N) is 2. The molecule has 0 aliphatic rings. The number of hydrogen-bond donors (Lipinski definition) is 7. The van der Waals surface area contributed by atoms with Gasteiger partial charge in [0, 0.05) is 45.1 Å². The number of quaternary nitrogens is 1. The van der Waals surface area contributed by atoms with Gasteiger partial charge in [-0.25, -0.2) is 4.98 Å². The van der Waals surface area contributed by atoms with Crippen LogP contribution in [0.2, 0.25) is 0 Å². The number of imidazole rings is 1. The smallest absolute Gasteiger partial charge is 0.278 e. The molecule has 0 aliphatic carbocycles. The quantitative estimate of drug-likeness (QED) is 0.0396. The van der Waals surface area contributed by atoms with E-state index < -0.39 is 47.6 Å². The number of carbonyl (C=O) groups excluding carboxylic acids is 4. The second-order valence-electron chi connectivity index (χ2n) is 9.89. The fourth-order valence-corrected chi connectivity index (χ4v) is 4.63. The van der Waals surface area contributed by atoms with Gasteiger partial charge in [0.05, 0.1) is 30.3 Å². The van der Waals surface area contributed by atoms with Crippen molar-refractivity contribution < 1.29 is 35.1 Å². The second-order valence-corrected chi connectivity index (χ2v) is 10.9. The monoisotopic (exact) mass is 619 g/mol. The number of phenols is 1. The Morgan fingerprint density at radius 1 is 1.09 bits per heavy atom. The third kappa shape index (κ3) is 13.5. The molecule has 0 spiro atoms. The molecule has 4 unspecified atom stereocenters. The summed E-state index contributed by atoms with van der Waals surface area (Å²) in [5.41, 5.74) is 15.8. The molecule has 11 N–H and O–H groups in total. The number of benzene rings is 1. The summed E-state index contributed by atoms with van der Waals surface area (Å²) < 4.78 is 0. The predicted molar refractivity (Wildman–Crippen MR) is 162 cm³/mol. The fourth-order valence-electron chi connectivity index (χ4n) is 4.16. The van der Waals surface area contributed by atoms with Crippen molar-refractivity contribution in [2.45, 2.75) is 56.7 Å². The van der Waals surface area contributed by atoms with E-state index in [9.17, 15) is 29.4 Å². The highest BCUT2D eigenvalue weighted by molar-refractivity contribution is 7.98. The number of carboxylic acid groups (broad SMARTS) is 1. The van der Waals surface area contributed by atoms with Crippen LogP contribution in [-0.4, -0.2) is 81.3 Å². The number of thioether (sulfide) groups is 1. The van der Waals surface area contributed by atoms with Crippen molar-refractivity contribution in [3.63, 3.8) is 0 Å². The van der Waals surface area contributed by atoms with Crippen molar-refractivity contribution in [2.24, 2.45) is 22.4 Å². The van der Waals surface area contributed by atoms with E-state index in [0.29, 0.717) is 36.4 Å². The van der Waals surface area contributed by atoms with Crippen molar-refractivity contribution in [1.82, 2.24) is 20.6 Å². The first-order valence-electron chi connectivity index (χ1n) is 13.5. The standard InChI is InChI=1S/C27H40N8O6S.CH3/c1-42-10-8-21(26(40)41)34-24(38)17(12-18-14-31-15-33-18)13-23(37)22(11-16-4-6-19(36)7-5-16)35-25(39)20(28)3-2-9-32-27(29)30;/h4-7,14-15,17,20-22,36H,2-3,8-13,28H2,1H3,(H,31,33)(H,34,38)(H,35,39)(H,40,41)(H4,29,30,32);1H3/q;+1. The second kappa shape index (κ2) is 19.0. The Morgan fingerprint density at radius 2 is 1.77 bits per heavy atom. The summed E-state index contributed by atoms with van der Waals surface area (Å²) in [6, 6.07) is 3.26. The minimum Gasteiger partial charge on any atom is -0.548 e. The number of aliphatic imine (C=N–C) groups is 1. The van der Waals surface area contributed by atoms with Crippen LogP contribution >= 0.6 is 11.8 Å². The molecule has 1 heterocycles. The van der Waals surface area contributed by atoms with Gasteiger partial charge in [-0.2, -0.15) is 11.8 Å². The largest absolute Gasteiger partial charge is 0.548 e. The van der Waals surface area contributed by atoms with Crippen LogP contribution in [0.15, 0.2) is 41.8 Å². The summed E-state index contributed by atoms with van der Waals surface area (Å²) in [7, 11) is 0. The molecule has 4 atom stereocenters. The molecule has 14 nitrogen and oxygen atoms in total. The molecule has 2 aromatic rings. The average Bonchev–Trinajstić information content (AvgIpc) is 3.46. The van der Waals surface area contributed by atoms with Gasteiger partial charge in [0.25, 0.3) is 5.91 Å². The van der Waals surface area contributed by atoms with Crippen LogP contribution in [0.3, 0.4) is 0 Å². The zero-order valence-corrected chi connectivity index (χ0v) is 25.4. The zero-order chi connectivity index (χ0) is 31.1. The molecular formula is C28H43N8O6S+. The van der Waals surface area contributed by atoms with Gasteiger partial charge in [0.15, 0.2) is 17.8 Å². The molecule has 1 aromatic carbocycles.